The molecule has 1 rings (SSSR count). The maximum Gasteiger partial charge on any atom is 0.271 e. The number of thiocarbonyl (C=S) groups is 1. The predicted octanol–water partition coefficient (Wildman–Crippen LogP) is 1.54. The highest BCUT2D eigenvalue weighted by Gasteiger charge is 2.09. The molecule has 0 aliphatic rings. The Hall–Kier alpha value is -1.51. The molecule has 0 heterocycles. The van der Waals surface area contributed by atoms with Crippen molar-refractivity contribution in [2.24, 2.45) is 0 Å². The van der Waals surface area contributed by atoms with Crippen molar-refractivity contribution in [2.75, 3.05) is 11.9 Å². The van der Waals surface area contributed by atoms with Crippen LogP contribution in [0.2, 0.25) is 0 Å². The van der Waals surface area contributed by atoms with Crippen LogP contribution in [0.1, 0.15) is 0 Å². The molecule has 90 valence electrons. The maximum atomic E-state index is 10.9. The van der Waals surface area contributed by atoms with Gasteiger partial charge in [0.2, 0.25) is 5.12 Å². The average Bonchev–Trinajstić information content (AvgIpc) is 2.28. The summed E-state index contributed by atoms with van der Waals surface area (Å²) in [5.74, 6) is 0. The molecular weight excluding hydrogens is 264 g/mol. The average molecular weight is 272 g/mol. The molecule has 6 nitrogen and oxygen atoms in total. The van der Waals surface area contributed by atoms with E-state index < -0.39 is 16.6 Å². The van der Waals surface area contributed by atoms with Crippen molar-refractivity contribution in [3.63, 3.8) is 0 Å². The van der Waals surface area contributed by atoms with Gasteiger partial charge >= 0.3 is 0 Å². The summed E-state index contributed by atoms with van der Waals surface area (Å²) < 4.78 is 0.129. The summed E-state index contributed by atoms with van der Waals surface area (Å²) >= 11 is 5.51. The SMILES string of the molecule is O=C(CO)SC(=S)Nc1cccc([N+](=O)[O-])c1. The fourth-order valence-electron chi connectivity index (χ4n) is 0.976. The first kappa shape index (κ1) is 13.6. The third kappa shape index (κ3) is 4.47. The minimum Gasteiger partial charge on any atom is -0.388 e. The Balaban J connectivity index is 2.68. The van der Waals surface area contributed by atoms with Crippen LogP contribution in [0, 0.1) is 10.1 Å². The van der Waals surface area contributed by atoms with Crippen molar-refractivity contribution >= 4 is 44.8 Å². The molecule has 0 aromatic heterocycles. The molecule has 17 heavy (non-hydrogen) atoms. The fourth-order valence-corrected chi connectivity index (χ4v) is 1.81. The number of nitro benzene ring substituents is 1. The van der Waals surface area contributed by atoms with E-state index in [0.717, 1.165) is 0 Å². The van der Waals surface area contributed by atoms with Crippen molar-refractivity contribution in [3.05, 3.63) is 34.4 Å². The maximum absolute atomic E-state index is 10.9. The van der Waals surface area contributed by atoms with Gasteiger partial charge in [-0.3, -0.25) is 14.9 Å². The standard InChI is InChI=1S/C9H8N2O4S2/c12-5-8(13)17-9(16)10-6-2-1-3-7(4-6)11(14)15/h1-4,12H,5H2,(H,10,16). The van der Waals surface area contributed by atoms with Gasteiger partial charge < -0.3 is 10.4 Å². The van der Waals surface area contributed by atoms with Crippen molar-refractivity contribution < 1.29 is 14.8 Å². The number of hydrogen-bond donors (Lipinski definition) is 2. The Bertz CT molecular complexity index is 464. The molecule has 0 radical (unpaired) electrons. The molecule has 8 heteroatoms. The number of aliphatic hydroxyl groups excluding tert-OH is 1. The molecule has 2 N–H and O–H groups in total. The van der Waals surface area contributed by atoms with Crippen molar-refractivity contribution in [2.45, 2.75) is 0 Å². The van der Waals surface area contributed by atoms with Crippen LogP contribution in [-0.4, -0.2) is 26.1 Å². The van der Waals surface area contributed by atoms with Gasteiger partial charge in [-0.2, -0.15) is 0 Å². The highest BCUT2D eigenvalue weighted by Crippen LogP contribution is 2.18. The summed E-state index contributed by atoms with van der Waals surface area (Å²) in [6, 6.07) is 5.74. The lowest BCUT2D eigenvalue weighted by atomic mass is 10.3. The zero-order valence-corrected chi connectivity index (χ0v) is 10.1. The molecule has 0 spiro atoms. The highest BCUT2D eigenvalue weighted by molar-refractivity contribution is 8.33. The van der Waals surface area contributed by atoms with E-state index in [0.29, 0.717) is 17.4 Å². The van der Waals surface area contributed by atoms with Gasteiger partial charge in [0, 0.05) is 17.8 Å². The zero-order chi connectivity index (χ0) is 12.8. The lowest BCUT2D eigenvalue weighted by Crippen LogP contribution is -2.10. The predicted molar refractivity (Wildman–Crippen MR) is 69.0 cm³/mol. The molecular formula is C9H8N2O4S2. The highest BCUT2D eigenvalue weighted by atomic mass is 32.2. The van der Waals surface area contributed by atoms with Crippen molar-refractivity contribution in [3.8, 4) is 0 Å². The molecule has 0 bridgehead atoms. The number of anilines is 1. The van der Waals surface area contributed by atoms with Gasteiger partial charge in [-0.15, -0.1) is 0 Å². The van der Waals surface area contributed by atoms with Crippen LogP contribution in [-0.2, 0) is 4.79 Å². The van der Waals surface area contributed by atoms with Gasteiger partial charge in [-0.25, -0.2) is 0 Å². The lowest BCUT2D eigenvalue weighted by molar-refractivity contribution is -0.384. The number of non-ortho nitro benzene ring substituents is 1. The molecule has 1 aromatic carbocycles. The number of aliphatic hydroxyl groups is 1. The minimum atomic E-state index is -0.610. The van der Waals surface area contributed by atoms with Gasteiger partial charge in [-0.1, -0.05) is 18.3 Å². The Morgan fingerprint density at radius 1 is 1.59 bits per heavy atom. The normalized spacial score (nSPS) is 9.71. The second kappa shape index (κ2) is 6.28. The number of rotatable bonds is 3. The third-order valence-electron chi connectivity index (χ3n) is 1.64. The lowest BCUT2D eigenvalue weighted by Gasteiger charge is -2.05. The molecule has 0 atom stereocenters. The summed E-state index contributed by atoms with van der Waals surface area (Å²) in [5.41, 5.74) is 0.346. The summed E-state index contributed by atoms with van der Waals surface area (Å²) in [6.45, 7) is -0.610. The Labute approximate surface area is 106 Å². The third-order valence-corrected chi connectivity index (χ3v) is 2.64. The van der Waals surface area contributed by atoms with Crippen LogP contribution in [0.4, 0.5) is 11.4 Å². The molecule has 0 saturated carbocycles. The number of nitrogens with one attached hydrogen (secondary N) is 1. The first-order valence-electron chi connectivity index (χ1n) is 4.40. The number of nitrogens with zero attached hydrogens (tertiary/aromatic N) is 1. The van der Waals surface area contributed by atoms with Gasteiger partial charge in [0.25, 0.3) is 5.69 Å². The van der Waals surface area contributed by atoms with Crippen LogP contribution in [0.5, 0.6) is 0 Å². The van der Waals surface area contributed by atoms with E-state index >= 15 is 0 Å². The van der Waals surface area contributed by atoms with Crippen LogP contribution >= 0.6 is 24.0 Å². The van der Waals surface area contributed by atoms with Crippen LogP contribution in [0.15, 0.2) is 24.3 Å². The summed E-state index contributed by atoms with van der Waals surface area (Å²) in [5, 5.41) is 21.2. The topological polar surface area (TPSA) is 92.5 Å². The van der Waals surface area contributed by atoms with Gasteiger partial charge in [-0.05, 0) is 17.8 Å². The first-order valence-corrected chi connectivity index (χ1v) is 5.62. The van der Waals surface area contributed by atoms with Crippen LogP contribution < -0.4 is 5.32 Å². The van der Waals surface area contributed by atoms with E-state index in [1.807, 2.05) is 0 Å². The van der Waals surface area contributed by atoms with E-state index in [1.165, 1.54) is 18.2 Å². The minimum absolute atomic E-state index is 0.0729. The van der Waals surface area contributed by atoms with Crippen molar-refractivity contribution in [1.82, 2.24) is 0 Å². The number of hydrogen-bond acceptors (Lipinski definition) is 6. The smallest absolute Gasteiger partial charge is 0.271 e. The van der Waals surface area contributed by atoms with Gasteiger partial charge in [0.1, 0.15) is 10.9 Å². The van der Waals surface area contributed by atoms with E-state index in [-0.39, 0.29) is 10.0 Å². The quantitative estimate of drug-likeness (QED) is 0.490. The second-order valence-electron chi connectivity index (χ2n) is 2.85. The molecule has 0 amide bonds. The fraction of sp³-hybridized carbons (Fsp3) is 0.111. The van der Waals surface area contributed by atoms with Crippen molar-refractivity contribution in [1.29, 1.82) is 0 Å². The number of nitro groups is 1. The Morgan fingerprint density at radius 2 is 2.29 bits per heavy atom. The Morgan fingerprint density at radius 3 is 2.88 bits per heavy atom. The van der Waals surface area contributed by atoms with E-state index in [1.54, 1.807) is 6.07 Å². The molecule has 0 unspecified atom stereocenters. The van der Waals surface area contributed by atoms with Crippen LogP contribution in [0.25, 0.3) is 0 Å². The largest absolute Gasteiger partial charge is 0.388 e. The molecule has 0 aliphatic carbocycles. The Kier molecular flexibility index (Phi) is 5.01. The van der Waals surface area contributed by atoms with Gasteiger partial charge in [0.05, 0.1) is 4.92 Å². The summed E-state index contributed by atoms with van der Waals surface area (Å²) in [6.07, 6.45) is 0. The molecule has 0 fully saturated rings. The molecule has 1 aromatic rings. The summed E-state index contributed by atoms with van der Waals surface area (Å²) in [7, 11) is 0. The number of carbonyl (C=O) groups excluding carboxylic acids is 1. The monoisotopic (exact) mass is 272 g/mol. The second-order valence-corrected chi connectivity index (χ2v) is 4.59. The number of carbonyl (C=O) groups is 1. The molecule has 0 saturated heterocycles. The first-order chi connectivity index (χ1) is 8.02. The number of thioether (sulfide) groups is 1. The summed E-state index contributed by atoms with van der Waals surface area (Å²) in [4.78, 5) is 20.9. The zero-order valence-electron chi connectivity index (χ0n) is 8.45. The molecule has 0 aliphatic heterocycles. The van der Waals surface area contributed by atoms with E-state index in [2.05, 4.69) is 5.32 Å². The van der Waals surface area contributed by atoms with E-state index in [9.17, 15) is 14.9 Å². The van der Waals surface area contributed by atoms with E-state index in [4.69, 9.17) is 17.3 Å². The van der Waals surface area contributed by atoms with Crippen LogP contribution in [0.3, 0.4) is 0 Å². The van der Waals surface area contributed by atoms with Gasteiger partial charge in [0.15, 0.2) is 0 Å². The number of benzene rings is 1.